The number of nitrogens with one attached hydrogen (secondary N) is 1. The molecule has 0 radical (unpaired) electrons. The topological polar surface area (TPSA) is 21.3 Å². The van der Waals surface area contributed by atoms with Gasteiger partial charge in [0.25, 0.3) is 0 Å². The van der Waals surface area contributed by atoms with E-state index in [1.807, 2.05) is 37.0 Å². The molecule has 0 fully saturated rings. The zero-order valence-corrected chi connectivity index (χ0v) is 13.1. The average Bonchev–Trinajstić information content (AvgIpc) is 2.34. The van der Waals surface area contributed by atoms with E-state index in [0.29, 0.717) is 5.92 Å². The molecule has 1 aromatic rings. The van der Waals surface area contributed by atoms with Crippen molar-refractivity contribution in [2.45, 2.75) is 19.9 Å². The highest BCUT2D eigenvalue weighted by molar-refractivity contribution is 7.99. The Balaban J connectivity index is 2.77. The first kappa shape index (κ1) is 15.7. The van der Waals surface area contributed by atoms with Crippen LogP contribution in [0.15, 0.2) is 18.2 Å². The molecular formula is C14H22ClNOS. The number of benzene rings is 1. The monoisotopic (exact) mass is 287 g/mol. The molecule has 1 rings (SSSR count). The van der Waals surface area contributed by atoms with Gasteiger partial charge in [0, 0.05) is 22.4 Å². The third-order valence-electron chi connectivity index (χ3n) is 2.65. The molecule has 0 aliphatic rings. The van der Waals surface area contributed by atoms with E-state index in [0.717, 1.165) is 22.1 Å². The fourth-order valence-electron chi connectivity index (χ4n) is 1.73. The third kappa shape index (κ3) is 4.71. The number of hydrogen-bond acceptors (Lipinski definition) is 3. The second kappa shape index (κ2) is 7.93. The maximum absolute atomic E-state index is 6.07. The van der Waals surface area contributed by atoms with Crippen molar-refractivity contribution in [3.63, 3.8) is 0 Å². The van der Waals surface area contributed by atoms with Gasteiger partial charge in [-0.2, -0.15) is 11.8 Å². The predicted octanol–water partition coefficient (Wildman–Crippen LogP) is 4.00. The van der Waals surface area contributed by atoms with Crippen LogP contribution < -0.4 is 10.1 Å². The highest BCUT2D eigenvalue weighted by atomic mass is 35.5. The normalized spacial score (nSPS) is 12.8. The fraction of sp³-hybridized carbons (Fsp3) is 0.571. The molecule has 0 spiro atoms. The molecule has 2 nitrogen and oxygen atoms in total. The van der Waals surface area contributed by atoms with Crippen LogP contribution in [0.5, 0.6) is 5.75 Å². The van der Waals surface area contributed by atoms with Crippen LogP contribution >= 0.6 is 23.4 Å². The van der Waals surface area contributed by atoms with Crippen LogP contribution in [0.4, 0.5) is 0 Å². The summed E-state index contributed by atoms with van der Waals surface area (Å²) in [6, 6.07) is 6.03. The van der Waals surface area contributed by atoms with E-state index in [4.69, 9.17) is 16.3 Å². The highest BCUT2D eigenvalue weighted by Crippen LogP contribution is 2.30. The van der Waals surface area contributed by atoms with Gasteiger partial charge in [-0.25, -0.2) is 0 Å². The minimum Gasteiger partial charge on any atom is -0.496 e. The van der Waals surface area contributed by atoms with Crippen molar-refractivity contribution in [2.24, 2.45) is 5.92 Å². The molecule has 1 unspecified atom stereocenters. The Morgan fingerprint density at radius 1 is 1.33 bits per heavy atom. The van der Waals surface area contributed by atoms with Crippen LogP contribution in [0.3, 0.4) is 0 Å². The Hall–Kier alpha value is -0.380. The molecule has 0 saturated carbocycles. The molecule has 1 aromatic carbocycles. The lowest BCUT2D eigenvalue weighted by atomic mass is 10.1. The van der Waals surface area contributed by atoms with E-state index >= 15 is 0 Å². The van der Waals surface area contributed by atoms with Crippen LogP contribution in [-0.4, -0.2) is 25.7 Å². The van der Waals surface area contributed by atoms with Crippen LogP contribution in [0.1, 0.15) is 25.5 Å². The molecule has 4 heteroatoms. The van der Waals surface area contributed by atoms with E-state index in [9.17, 15) is 0 Å². The van der Waals surface area contributed by atoms with Gasteiger partial charge in [0.15, 0.2) is 0 Å². The van der Waals surface area contributed by atoms with Crippen molar-refractivity contribution in [2.75, 3.05) is 25.7 Å². The number of ether oxygens (including phenoxy) is 1. The summed E-state index contributed by atoms with van der Waals surface area (Å²) in [6.45, 7) is 4.47. The van der Waals surface area contributed by atoms with Gasteiger partial charge in [0.2, 0.25) is 0 Å². The molecule has 0 aliphatic carbocycles. The summed E-state index contributed by atoms with van der Waals surface area (Å²) in [5, 5.41) is 4.08. The van der Waals surface area contributed by atoms with Gasteiger partial charge in [-0.3, -0.25) is 0 Å². The second-order valence-electron chi connectivity index (χ2n) is 4.66. The first-order valence-corrected chi connectivity index (χ1v) is 7.70. The standard InChI is InChI=1S/C14H22ClNOS/c1-10(2)8-18-9-13(16-3)12-7-11(15)5-6-14(12)17-4/h5-7,10,13,16H,8-9H2,1-4H3. The first-order valence-electron chi connectivity index (χ1n) is 6.17. The minimum atomic E-state index is 0.266. The van der Waals surface area contributed by atoms with E-state index in [2.05, 4.69) is 19.2 Å². The van der Waals surface area contributed by atoms with Crippen molar-refractivity contribution in [3.05, 3.63) is 28.8 Å². The summed E-state index contributed by atoms with van der Waals surface area (Å²) in [5.74, 6) is 3.80. The summed E-state index contributed by atoms with van der Waals surface area (Å²) in [5.41, 5.74) is 1.13. The van der Waals surface area contributed by atoms with Gasteiger partial charge in [-0.15, -0.1) is 0 Å². The molecular weight excluding hydrogens is 266 g/mol. The number of thioether (sulfide) groups is 1. The summed E-state index contributed by atoms with van der Waals surface area (Å²) in [7, 11) is 3.67. The van der Waals surface area contributed by atoms with Gasteiger partial charge in [-0.1, -0.05) is 25.4 Å². The number of halogens is 1. The summed E-state index contributed by atoms with van der Waals surface area (Å²) >= 11 is 8.02. The van der Waals surface area contributed by atoms with E-state index < -0.39 is 0 Å². The predicted molar refractivity (Wildman–Crippen MR) is 82.0 cm³/mol. The van der Waals surface area contributed by atoms with Crippen LogP contribution in [0, 0.1) is 5.92 Å². The van der Waals surface area contributed by atoms with Crippen LogP contribution in [0.2, 0.25) is 5.02 Å². The molecule has 1 atom stereocenters. The van der Waals surface area contributed by atoms with Crippen molar-refractivity contribution >= 4 is 23.4 Å². The van der Waals surface area contributed by atoms with Gasteiger partial charge in [0.1, 0.15) is 5.75 Å². The molecule has 0 aliphatic heterocycles. The second-order valence-corrected chi connectivity index (χ2v) is 6.17. The summed E-state index contributed by atoms with van der Waals surface area (Å²) in [6.07, 6.45) is 0. The molecule has 1 N–H and O–H groups in total. The zero-order valence-electron chi connectivity index (χ0n) is 11.5. The molecule has 0 bridgehead atoms. The molecule has 102 valence electrons. The molecule has 0 aromatic heterocycles. The summed E-state index contributed by atoms with van der Waals surface area (Å²) in [4.78, 5) is 0. The van der Waals surface area contributed by atoms with Crippen LogP contribution in [0.25, 0.3) is 0 Å². The van der Waals surface area contributed by atoms with E-state index in [1.54, 1.807) is 7.11 Å². The Kier molecular flexibility index (Phi) is 6.90. The molecule has 18 heavy (non-hydrogen) atoms. The van der Waals surface area contributed by atoms with Crippen molar-refractivity contribution in [3.8, 4) is 5.75 Å². The minimum absolute atomic E-state index is 0.266. The van der Waals surface area contributed by atoms with Crippen LogP contribution in [-0.2, 0) is 0 Å². The third-order valence-corrected chi connectivity index (χ3v) is 4.36. The van der Waals surface area contributed by atoms with Gasteiger partial charge in [-0.05, 0) is 36.9 Å². The zero-order chi connectivity index (χ0) is 13.5. The SMILES string of the molecule is CNC(CSCC(C)C)c1cc(Cl)ccc1OC. The lowest BCUT2D eigenvalue weighted by Crippen LogP contribution is -2.20. The quantitative estimate of drug-likeness (QED) is 0.819. The lowest BCUT2D eigenvalue weighted by molar-refractivity contribution is 0.404. The van der Waals surface area contributed by atoms with Gasteiger partial charge in [0.05, 0.1) is 7.11 Å². The largest absolute Gasteiger partial charge is 0.496 e. The molecule has 0 heterocycles. The van der Waals surface area contributed by atoms with Crippen molar-refractivity contribution in [1.29, 1.82) is 0 Å². The number of hydrogen-bond donors (Lipinski definition) is 1. The van der Waals surface area contributed by atoms with Gasteiger partial charge >= 0.3 is 0 Å². The fourth-order valence-corrected chi connectivity index (χ4v) is 3.10. The highest BCUT2D eigenvalue weighted by Gasteiger charge is 2.15. The maximum atomic E-state index is 6.07. The maximum Gasteiger partial charge on any atom is 0.123 e. The Bertz CT molecular complexity index is 371. The summed E-state index contributed by atoms with van der Waals surface area (Å²) < 4.78 is 5.40. The number of methoxy groups -OCH3 is 1. The lowest BCUT2D eigenvalue weighted by Gasteiger charge is -2.19. The average molecular weight is 288 g/mol. The smallest absolute Gasteiger partial charge is 0.123 e. The van der Waals surface area contributed by atoms with E-state index in [-0.39, 0.29) is 6.04 Å². The molecule has 0 saturated heterocycles. The Morgan fingerprint density at radius 3 is 2.61 bits per heavy atom. The number of rotatable bonds is 7. The van der Waals surface area contributed by atoms with Crippen molar-refractivity contribution in [1.82, 2.24) is 5.32 Å². The van der Waals surface area contributed by atoms with Gasteiger partial charge < -0.3 is 10.1 Å². The first-order chi connectivity index (χ1) is 8.58. The van der Waals surface area contributed by atoms with Crippen molar-refractivity contribution < 1.29 is 4.74 Å². The van der Waals surface area contributed by atoms with E-state index in [1.165, 1.54) is 5.75 Å². The molecule has 0 amide bonds. The Morgan fingerprint density at radius 2 is 2.06 bits per heavy atom. The Labute approximate surface area is 119 Å².